The van der Waals surface area contributed by atoms with E-state index in [-0.39, 0.29) is 29.1 Å². The van der Waals surface area contributed by atoms with Gasteiger partial charge in [-0.3, -0.25) is 13.9 Å². The first-order valence-corrected chi connectivity index (χ1v) is 16.3. The molecular weight excluding hydrogens is 570 g/mol. The summed E-state index contributed by atoms with van der Waals surface area (Å²) in [6, 6.07) is 18.6. The van der Waals surface area contributed by atoms with Gasteiger partial charge in [-0.25, -0.2) is 8.42 Å². The average Bonchev–Trinajstić information content (AvgIpc) is 3.47. The molecule has 0 unspecified atom stereocenters. The van der Waals surface area contributed by atoms with Crippen molar-refractivity contribution < 1.29 is 18.0 Å². The highest BCUT2D eigenvalue weighted by Gasteiger charge is 2.34. The molecule has 0 saturated heterocycles. The van der Waals surface area contributed by atoms with Crippen molar-refractivity contribution in [2.45, 2.75) is 83.3 Å². The molecule has 3 aromatic rings. The highest BCUT2D eigenvalue weighted by molar-refractivity contribution is 7.92. The van der Waals surface area contributed by atoms with Gasteiger partial charge in [0.15, 0.2) is 0 Å². The zero-order valence-electron chi connectivity index (χ0n) is 24.8. The fraction of sp³-hybridized carbons (Fsp3) is 0.394. The lowest BCUT2D eigenvalue weighted by Crippen LogP contribution is -2.53. The van der Waals surface area contributed by atoms with Crippen LogP contribution in [0.4, 0.5) is 5.69 Å². The number of aryl methyl sites for hydroxylation is 3. The normalized spacial score (nSPS) is 14.4. The van der Waals surface area contributed by atoms with Crippen LogP contribution in [0.5, 0.6) is 0 Å². The maximum atomic E-state index is 14.2. The van der Waals surface area contributed by atoms with E-state index in [2.05, 4.69) is 5.32 Å². The molecule has 2 amide bonds. The Morgan fingerprint density at radius 3 is 2.10 bits per heavy atom. The monoisotopic (exact) mass is 609 g/mol. The van der Waals surface area contributed by atoms with Crippen molar-refractivity contribution in [3.8, 4) is 0 Å². The summed E-state index contributed by atoms with van der Waals surface area (Å²) >= 11 is 6.42. The first-order valence-electron chi connectivity index (χ1n) is 14.5. The molecular formula is C33H40ClN3O4S. The summed E-state index contributed by atoms with van der Waals surface area (Å²) < 4.78 is 29.2. The molecule has 0 bridgehead atoms. The average molecular weight is 610 g/mol. The van der Waals surface area contributed by atoms with Crippen LogP contribution in [0.2, 0.25) is 5.02 Å². The number of rotatable bonds is 11. The Morgan fingerprint density at radius 2 is 1.52 bits per heavy atom. The van der Waals surface area contributed by atoms with Gasteiger partial charge in [0, 0.05) is 17.6 Å². The van der Waals surface area contributed by atoms with Crippen LogP contribution >= 0.6 is 11.6 Å². The number of nitrogens with one attached hydrogen (secondary N) is 1. The second-order valence-electron chi connectivity index (χ2n) is 11.2. The summed E-state index contributed by atoms with van der Waals surface area (Å²) in [5, 5.41) is 3.53. The summed E-state index contributed by atoms with van der Waals surface area (Å²) in [6.45, 7) is 7.24. The van der Waals surface area contributed by atoms with Gasteiger partial charge in [0.1, 0.15) is 12.6 Å². The number of anilines is 1. The SMILES string of the molecule is CC[C@H](C(=O)NC1CCCC1)N(Cc1ccc(C)cc1)C(=O)CN(c1ccc(C)c(Cl)c1)S(=O)(=O)c1ccc(C)cc1. The minimum absolute atomic E-state index is 0.0636. The lowest BCUT2D eigenvalue weighted by atomic mass is 10.1. The molecule has 1 N–H and O–H groups in total. The molecule has 1 saturated carbocycles. The fourth-order valence-electron chi connectivity index (χ4n) is 5.28. The van der Waals surface area contributed by atoms with Gasteiger partial charge in [-0.15, -0.1) is 0 Å². The Kier molecular flexibility index (Phi) is 10.3. The molecule has 7 nitrogen and oxygen atoms in total. The van der Waals surface area contributed by atoms with Gasteiger partial charge in [0.05, 0.1) is 10.6 Å². The molecule has 224 valence electrons. The number of nitrogens with zero attached hydrogens (tertiary/aromatic N) is 2. The van der Waals surface area contributed by atoms with E-state index < -0.39 is 28.5 Å². The lowest BCUT2D eigenvalue weighted by molar-refractivity contribution is -0.140. The van der Waals surface area contributed by atoms with Crippen LogP contribution in [0.3, 0.4) is 0 Å². The number of benzene rings is 3. The van der Waals surface area contributed by atoms with Crippen LogP contribution in [-0.4, -0.2) is 43.8 Å². The predicted octanol–water partition coefficient (Wildman–Crippen LogP) is 6.33. The highest BCUT2D eigenvalue weighted by Crippen LogP contribution is 2.29. The zero-order chi connectivity index (χ0) is 30.4. The van der Waals surface area contributed by atoms with Gasteiger partial charge in [-0.1, -0.05) is 85.0 Å². The maximum absolute atomic E-state index is 14.2. The molecule has 1 atom stereocenters. The quantitative estimate of drug-likeness (QED) is 0.275. The van der Waals surface area contributed by atoms with Crippen molar-refractivity contribution in [3.05, 3.63) is 94.0 Å². The number of sulfonamides is 1. The number of hydrogen-bond donors (Lipinski definition) is 1. The van der Waals surface area contributed by atoms with E-state index >= 15 is 0 Å². The van der Waals surface area contributed by atoms with Gasteiger partial charge < -0.3 is 10.2 Å². The first kappa shape index (κ1) is 31.6. The smallest absolute Gasteiger partial charge is 0.264 e. The summed E-state index contributed by atoms with van der Waals surface area (Å²) in [7, 11) is -4.15. The first-order chi connectivity index (χ1) is 20.0. The Bertz CT molecular complexity index is 1500. The van der Waals surface area contributed by atoms with Gasteiger partial charge in [-0.05, 0) is 75.4 Å². The van der Waals surface area contributed by atoms with Crippen LogP contribution < -0.4 is 9.62 Å². The number of carbonyl (C=O) groups excluding carboxylic acids is 2. The van der Waals surface area contributed by atoms with Crippen molar-refractivity contribution in [1.29, 1.82) is 0 Å². The van der Waals surface area contributed by atoms with Gasteiger partial charge in [0.25, 0.3) is 10.0 Å². The van der Waals surface area contributed by atoms with E-state index in [4.69, 9.17) is 11.6 Å². The van der Waals surface area contributed by atoms with Crippen molar-refractivity contribution in [2.24, 2.45) is 0 Å². The van der Waals surface area contributed by atoms with E-state index in [1.807, 2.05) is 52.0 Å². The molecule has 1 aliphatic carbocycles. The van der Waals surface area contributed by atoms with Crippen molar-refractivity contribution in [3.63, 3.8) is 0 Å². The third-order valence-electron chi connectivity index (χ3n) is 7.89. The van der Waals surface area contributed by atoms with E-state index in [1.54, 1.807) is 30.3 Å². The second kappa shape index (κ2) is 13.7. The maximum Gasteiger partial charge on any atom is 0.264 e. The van der Waals surface area contributed by atoms with Crippen LogP contribution in [0.15, 0.2) is 71.6 Å². The molecule has 0 aromatic heterocycles. The van der Waals surface area contributed by atoms with Gasteiger partial charge >= 0.3 is 0 Å². The van der Waals surface area contributed by atoms with E-state index in [9.17, 15) is 18.0 Å². The topological polar surface area (TPSA) is 86.8 Å². The molecule has 1 fully saturated rings. The molecule has 4 rings (SSSR count). The number of hydrogen-bond acceptors (Lipinski definition) is 4. The largest absolute Gasteiger partial charge is 0.352 e. The number of halogens is 1. The van der Waals surface area contributed by atoms with Crippen molar-refractivity contribution >= 4 is 39.1 Å². The summed E-state index contributed by atoms with van der Waals surface area (Å²) in [5.74, 6) is -0.687. The summed E-state index contributed by atoms with van der Waals surface area (Å²) in [4.78, 5) is 29.4. The molecule has 0 heterocycles. The predicted molar refractivity (Wildman–Crippen MR) is 168 cm³/mol. The van der Waals surface area contributed by atoms with Crippen LogP contribution in [0.25, 0.3) is 0 Å². The standard InChI is InChI=1S/C33H40ClN3O4S/c1-5-31(33(39)35-27-8-6-7-9-27)36(21-26-15-10-23(2)11-16-26)32(38)22-37(28-17-14-25(4)30(34)20-28)42(40,41)29-18-12-24(3)13-19-29/h10-20,27,31H,5-9,21-22H2,1-4H3,(H,35,39)/t31-/m1/s1. The van der Waals surface area contributed by atoms with Gasteiger partial charge in [0.2, 0.25) is 11.8 Å². The third-order valence-corrected chi connectivity index (χ3v) is 10.1. The minimum Gasteiger partial charge on any atom is -0.352 e. The minimum atomic E-state index is -4.15. The molecule has 0 aliphatic heterocycles. The molecule has 3 aromatic carbocycles. The van der Waals surface area contributed by atoms with Gasteiger partial charge in [-0.2, -0.15) is 0 Å². The van der Waals surface area contributed by atoms with E-state index in [1.165, 1.54) is 17.0 Å². The second-order valence-corrected chi connectivity index (χ2v) is 13.4. The Morgan fingerprint density at radius 1 is 0.929 bits per heavy atom. The summed E-state index contributed by atoms with van der Waals surface area (Å²) in [6.07, 6.45) is 4.37. The Hall–Kier alpha value is -3.36. The molecule has 0 radical (unpaired) electrons. The number of amides is 2. The summed E-state index contributed by atoms with van der Waals surface area (Å²) in [5.41, 5.74) is 3.91. The lowest BCUT2D eigenvalue weighted by Gasteiger charge is -2.34. The van der Waals surface area contributed by atoms with Crippen molar-refractivity contribution in [2.75, 3.05) is 10.8 Å². The van der Waals surface area contributed by atoms with Crippen LogP contribution in [0, 0.1) is 20.8 Å². The van der Waals surface area contributed by atoms with E-state index in [0.29, 0.717) is 11.4 Å². The fourth-order valence-corrected chi connectivity index (χ4v) is 6.86. The molecule has 0 spiro atoms. The van der Waals surface area contributed by atoms with Crippen molar-refractivity contribution in [1.82, 2.24) is 10.2 Å². The van der Waals surface area contributed by atoms with Crippen LogP contribution in [-0.2, 0) is 26.2 Å². The Balaban J connectivity index is 1.73. The zero-order valence-corrected chi connectivity index (χ0v) is 26.3. The number of carbonyl (C=O) groups is 2. The third kappa shape index (κ3) is 7.53. The molecule has 42 heavy (non-hydrogen) atoms. The van der Waals surface area contributed by atoms with Crippen LogP contribution in [0.1, 0.15) is 61.3 Å². The molecule has 9 heteroatoms. The molecule has 1 aliphatic rings. The highest BCUT2D eigenvalue weighted by atomic mass is 35.5. The Labute approximate surface area is 254 Å². The van der Waals surface area contributed by atoms with E-state index in [0.717, 1.165) is 52.2 Å².